The van der Waals surface area contributed by atoms with Gasteiger partial charge in [0.15, 0.2) is 0 Å². The van der Waals surface area contributed by atoms with Gasteiger partial charge in [-0.25, -0.2) is 13.8 Å². The molecule has 0 aliphatic rings. The molecule has 0 spiro atoms. The zero-order valence-corrected chi connectivity index (χ0v) is 13.5. The molecule has 2 rings (SSSR count). The third-order valence-electron chi connectivity index (χ3n) is 3.22. The standard InChI is InChI=1S/C16H20F2N2S/c1-5-19-14(11-7-6-10(17)8-12(11)18)15-20-13(9-21-15)16(2,3)4/h6-9,14,19H,5H2,1-4H3. The fourth-order valence-corrected chi connectivity index (χ4v) is 3.17. The van der Waals surface area contributed by atoms with Crippen LogP contribution in [-0.2, 0) is 5.41 Å². The highest BCUT2D eigenvalue weighted by molar-refractivity contribution is 7.09. The van der Waals surface area contributed by atoms with Crippen LogP contribution in [0.2, 0.25) is 0 Å². The van der Waals surface area contributed by atoms with Crippen molar-refractivity contribution in [3.05, 3.63) is 51.5 Å². The van der Waals surface area contributed by atoms with Crippen molar-refractivity contribution in [3.8, 4) is 0 Å². The highest BCUT2D eigenvalue weighted by Gasteiger charge is 2.24. The lowest BCUT2D eigenvalue weighted by atomic mass is 9.93. The van der Waals surface area contributed by atoms with Crippen LogP contribution < -0.4 is 5.32 Å². The van der Waals surface area contributed by atoms with Crippen molar-refractivity contribution in [2.45, 2.75) is 39.2 Å². The quantitative estimate of drug-likeness (QED) is 0.904. The molecule has 5 heteroatoms. The van der Waals surface area contributed by atoms with Crippen LogP contribution in [-0.4, -0.2) is 11.5 Å². The minimum atomic E-state index is -0.569. The average Bonchev–Trinajstić information content (AvgIpc) is 2.86. The van der Waals surface area contributed by atoms with Gasteiger partial charge in [0, 0.05) is 22.4 Å². The molecule has 1 aromatic carbocycles. The van der Waals surface area contributed by atoms with Gasteiger partial charge in [0.05, 0.1) is 11.7 Å². The minimum Gasteiger partial charge on any atom is -0.304 e. The number of nitrogens with one attached hydrogen (secondary N) is 1. The van der Waals surface area contributed by atoms with Crippen LogP contribution in [0, 0.1) is 11.6 Å². The average molecular weight is 310 g/mol. The number of benzene rings is 1. The van der Waals surface area contributed by atoms with E-state index in [2.05, 4.69) is 31.1 Å². The van der Waals surface area contributed by atoms with E-state index in [9.17, 15) is 8.78 Å². The second kappa shape index (κ2) is 6.20. The van der Waals surface area contributed by atoms with E-state index in [1.807, 2.05) is 12.3 Å². The molecule has 0 aliphatic heterocycles. The maximum absolute atomic E-state index is 14.0. The number of aromatic nitrogens is 1. The molecule has 0 fully saturated rings. The van der Waals surface area contributed by atoms with Crippen molar-refractivity contribution < 1.29 is 8.78 Å². The molecule has 2 aromatic rings. The summed E-state index contributed by atoms with van der Waals surface area (Å²) in [5.41, 5.74) is 1.35. The van der Waals surface area contributed by atoms with E-state index in [4.69, 9.17) is 0 Å². The lowest BCUT2D eigenvalue weighted by Gasteiger charge is -2.18. The summed E-state index contributed by atoms with van der Waals surface area (Å²) in [5, 5.41) is 6.03. The maximum Gasteiger partial charge on any atom is 0.131 e. The molecular weight excluding hydrogens is 290 g/mol. The van der Waals surface area contributed by atoms with E-state index in [0.29, 0.717) is 12.1 Å². The summed E-state index contributed by atoms with van der Waals surface area (Å²) in [4.78, 5) is 4.64. The van der Waals surface area contributed by atoms with E-state index >= 15 is 0 Å². The van der Waals surface area contributed by atoms with E-state index in [1.165, 1.54) is 23.5 Å². The first kappa shape index (κ1) is 16.0. The molecule has 114 valence electrons. The van der Waals surface area contributed by atoms with E-state index < -0.39 is 11.6 Å². The van der Waals surface area contributed by atoms with Crippen molar-refractivity contribution in [2.24, 2.45) is 0 Å². The Morgan fingerprint density at radius 1 is 1.29 bits per heavy atom. The van der Waals surface area contributed by atoms with Crippen LogP contribution in [0.1, 0.15) is 50.0 Å². The molecule has 1 aromatic heterocycles. The Hall–Kier alpha value is -1.33. The third-order valence-corrected chi connectivity index (χ3v) is 4.13. The Morgan fingerprint density at radius 3 is 2.52 bits per heavy atom. The highest BCUT2D eigenvalue weighted by Crippen LogP contribution is 2.31. The fourth-order valence-electron chi connectivity index (χ4n) is 2.03. The van der Waals surface area contributed by atoms with Gasteiger partial charge in [-0.1, -0.05) is 33.8 Å². The third kappa shape index (κ3) is 3.66. The number of halogens is 2. The van der Waals surface area contributed by atoms with Crippen molar-refractivity contribution in [3.63, 3.8) is 0 Å². The molecule has 21 heavy (non-hydrogen) atoms. The summed E-state index contributed by atoms with van der Waals surface area (Å²) in [6, 6.07) is 3.33. The molecule has 0 saturated heterocycles. The van der Waals surface area contributed by atoms with Crippen molar-refractivity contribution in [1.29, 1.82) is 0 Å². The van der Waals surface area contributed by atoms with Gasteiger partial charge >= 0.3 is 0 Å². The van der Waals surface area contributed by atoms with Gasteiger partial charge in [-0.2, -0.15) is 0 Å². The first-order chi connectivity index (χ1) is 9.82. The highest BCUT2D eigenvalue weighted by atomic mass is 32.1. The first-order valence-corrected chi connectivity index (χ1v) is 7.85. The number of rotatable bonds is 4. The molecule has 0 bridgehead atoms. The van der Waals surface area contributed by atoms with Gasteiger partial charge in [-0.05, 0) is 12.6 Å². The van der Waals surface area contributed by atoms with Gasteiger partial charge < -0.3 is 5.32 Å². The van der Waals surface area contributed by atoms with Crippen LogP contribution in [0.3, 0.4) is 0 Å². The zero-order valence-electron chi connectivity index (χ0n) is 12.7. The Balaban J connectivity index is 2.41. The van der Waals surface area contributed by atoms with Crippen molar-refractivity contribution in [2.75, 3.05) is 6.54 Å². The Bertz CT molecular complexity index is 617. The summed E-state index contributed by atoms with van der Waals surface area (Å²) >= 11 is 1.50. The predicted molar refractivity (Wildman–Crippen MR) is 82.7 cm³/mol. The smallest absolute Gasteiger partial charge is 0.131 e. The second-order valence-corrected chi connectivity index (χ2v) is 6.87. The summed E-state index contributed by atoms with van der Waals surface area (Å²) < 4.78 is 27.1. The van der Waals surface area contributed by atoms with Gasteiger partial charge in [-0.3, -0.25) is 0 Å². The molecule has 1 atom stereocenters. The Labute approximate surface area is 128 Å². The lowest BCUT2D eigenvalue weighted by molar-refractivity contribution is 0.534. The normalized spacial score (nSPS) is 13.4. The van der Waals surface area contributed by atoms with Gasteiger partial charge in [0.1, 0.15) is 16.6 Å². The van der Waals surface area contributed by atoms with Crippen LogP contribution in [0.4, 0.5) is 8.78 Å². The van der Waals surface area contributed by atoms with Crippen LogP contribution >= 0.6 is 11.3 Å². The molecule has 1 heterocycles. The maximum atomic E-state index is 14.0. The summed E-state index contributed by atoms with van der Waals surface area (Å²) in [6.45, 7) is 8.89. The number of hydrogen-bond donors (Lipinski definition) is 1. The van der Waals surface area contributed by atoms with Gasteiger partial charge in [0.25, 0.3) is 0 Å². The van der Waals surface area contributed by atoms with E-state index in [-0.39, 0.29) is 11.5 Å². The van der Waals surface area contributed by atoms with Gasteiger partial charge in [-0.15, -0.1) is 11.3 Å². The molecule has 2 nitrogen and oxygen atoms in total. The number of nitrogens with zero attached hydrogens (tertiary/aromatic N) is 1. The largest absolute Gasteiger partial charge is 0.304 e. The molecule has 0 radical (unpaired) electrons. The fraction of sp³-hybridized carbons (Fsp3) is 0.438. The summed E-state index contributed by atoms with van der Waals surface area (Å²) in [6.07, 6.45) is 0. The van der Waals surface area contributed by atoms with Gasteiger partial charge in [0.2, 0.25) is 0 Å². The summed E-state index contributed by atoms with van der Waals surface area (Å²) in [5.74, 6) is -1.12. The van der Waals surface area contributed by atoms with E-state index in [1.54, 1.807) is 0 Å². The molecular formula is C16H20F2N2S. The second-order valence-electron chi connectivity index (χ2n) is 5.98. The molecule has 0 aliphatic carbocycles. The van der Waals surface area contributed by atoms with E-state index in [0.717, 1.165) is 16.8 Å². The van der Waals surface area contributed by atoms with Crippen LogP contribution in [0.15, 0.2) is 23.6 Å². The Morgan fingerprint density at radius 2 is 2.00 bits per heavy atom. The monoisotopic (exact) mass is 310 g/mol. The van der Waals surface area contributed by atoms with Crippen LogP contribution in [0.5, 0.6) is 0 Å². The number of hydrogen-bond acceptors (Lipinski definition) is 3. The summed E-state index contributed by atoms with van der Waals surface area (Å²) in [7, 11) is 0. The SMILES string of the molecule is CCNC(c1nc(C(C)(C)C)cs1)c1ccc(F)cc1F. The lowest BCUT2D eigenvalue weighted by Crippen LogP contribution is -2.23. The predicted octanol–water partition coefficient (Wildman–Crippen LogP) is 4.42. The number of thiazole rings is 1. The molecule has 0 amide bonds. The Kier molecular flexibility index (Phi) is 4.74. The topological polar surface area (TPSA) is 24.9 Å². The molecule has 0 saturated carbocycles. The minimum absolute atomic E-state index is 0.0488. The zero-order chi connectivity index (χ0) is 15.6. The molecule has 1 N–H and O–H groups in total. The first-order valence-electron chi connectivity index (χ1n) is 6.97. The van der Waals surface area contributed by atoms with Crippen LogP contribution in [0.25, 0.3) is 0 Å². The van der Waals surface area contributed by atoms with Crippen molar-refractivity contribution in [1.82, 2.24) is 10.3 Å². The van der Waals surface area contributed by atoms with Crippen molar-refractivity contribution >= 4 is 11.3 Å². The molecule has 1 unspecified atom stereocenters.